The smallest absolute Gasteiger partial charge is 0.305 e. The van der Waals surface area contributed by atoms with E-state index in [9.17, 15) is 29.4 Å². The summed E-state index contributed by atoms with van der Waals surface area (Å²) in [7, 11) is 0. The summed E-state index contributed by atoms with van der Waals surface area (Å²) in [6.45, 7) is 16.7. The first kappa shape index (κ1) is 55.9. The fourth-order valence-corrected chi connectivity index (χ4v) is 4.56. The number of carboxylic acids is 4. The average molecular weight is 749 g/mol. The molecule has 52 heavy (non-hydrogen) atoms. The standard InChI is InChI=1S/2C11H22O3.2C9H16O3/c2*1-9(2)6-4-3-5-7-10(12)8-11(13)14;2*1-7(2)4-3-5-8(10)6-9(11)12/h2*9-10,12H,3-8H2,1-2H3,(H,13,14);2*4,8,10H,3,5-6H2,1-2H3,(H,11,12). The number of carbonyl (C=O) groups is 4. The van der Waals surface area contributed by atoms with Gasteiger partial charge in [-0.25, -0.2) is 0 Å². The van der Waals surface area contributed by atoms with E-state index in [-0.39, 0.29) is 25.7 Å². The molecule has 0 aliphatic carbocycles. The second-order valence-electron chi connectivity index (χ2n) is 14.8. The Balaban J connectivity index is -0.000000296. The monoisotopic (exact) mass is 749 g/mol. The molecule has 0 aliphatic rings. The maximum absolute atomic E-state index is 10.2. The minimum atomic E-state index is -0.945. The number of unbranched alkanes of at least 4 members (excludes halogenated alkanes) is 4. The van der Waals surface area contributed by atoms with E-state index in [0.29, 0.717) is 25.7 Å². The molecule has 12 nitrogen and oxygen atoms in total. The SMILES string of the molecule is CC(C)=CCCC(O)CC(=O)O.CC(C)=CCCC(O)CC(=O)O.CC(C)CCCCCC(O)CC(=O)O.CC(C)CCCCCC(O)CC(=O)O. The molecule has 0 fully saturated rings. The van der Waals surface area contributed by atoms with Gasteiger partial charge in [-0.2, -0.15) is 0 Å². The van der Waals surface area contributed by atoms with Gasteiger partial charge in [0.25, 0.3) is 0 Å². The van der Waals surface area contributed by atoms with Gasteiger partial charge in [-0.15, -0.1) is 0 Å². The number of allylic oxidation sites excluding steroid dienone is 4. The third-order valence-corrected chi connectivity index (χ3v) is 7.38. The summed E-state index contributed by atoms with van der Waals surface area (Å²) in [5.41, 5.74) is 2.38. The number of aliphatic hydroxyl groups is 4. The number of rotatable bonds is 26. The fourth-order valence-electron chi connectivity index (χ4n) is 4.56. The molecule has 0 spiro atoms. The molecule has 4 unspecified atom stereocenters. The maximum Gasteiger partial charge on any atom is 0.305 e. The van der Waals surface area contributed by atoms with Gasteiger partial charge in [0, 0.05) is 0 Å². The van der Waals surface area contributed by atoms with Gasteiger partial charge in [0.1, 0.15) is 0 Å². The van der Waals surface area contributed by atoms with Gasteiger partial charge in [0.2, 0.25) is 0 Å². The quantitative estimate of drug-likeness (QED) is 0.0311. The molecule has 0 aliphatic heterocycles. The zero-order chi connectivity index (χ0) is 41.1. The van der Waals surface area contributed by atoms with Crippen molar-refractivity contribution < 1.29 is 60.0 Å². The van der Waals surface area contributed by atoms with Crippen LogP contribution in [0.1, 0.15) is 171 Å². The van der Waals surface area contributed by atoms with E-state index in [4.69, 9.17) is 30.6 Å². The van der Waals surface area contributed by atoms with Gasteiger partial charge in [-0.1, -0.05) is 102 Å². The van der Waals surface area contributed by atoms with Crippen LogP contribution in [0.3, 0.4) is 0 Å². The van der Waals surface area contributed by atoms with Crippen LogP contribution in [0.15, 0.2) is 23.3 Å². The molecule has 308 valence electrons. The van der Waals surface area contributed by atoms with Crippen LogP contribution in [-0.4, -0.2) is 89.1 Å². The third kappa shape index (κ3) is 59.4. The molecule has 0 amide bonds. The molecule has 0 saturated carbocycles. The fraction of sp³-hybridized carbons (Fsp3) is 0.800. The number of carboxylic acid groups (broad SMARTS) is 4. The Morgan fingerprint density at radius 3 is 0.846 bits per heavy atom. The van der Waals surface area contributed by atoms with Crippen LogP contribution >= 0.6 is 0 Å². The van der Waals surface area contributed by atoms with Crippen molar-refractivity contribution in [2.24, 2.45) is 11.8 Å². The first-order valence-corrected chi connectivity index (χ1v) is 18.9. The van der Waals surface area contributed by atoms with Crippen LogP contribution in [0.2, 0.25) is 0 Å². The summed E-state index contributed by atoms with van der Waals surface area (Å²) in [4.78, 5) is 40.7. The van der Waals surface area contributed by atoms with Crippen molar-refractivity contribution in [1.29, 1.82) is 0 Å². The Kier molecular flexibility index (Phi) is 40.8. The van der Waals surface area contributed by atoms with E-state index < -0.39 is 48.3 Å². The molecule has 12 heteroatoms. The molecule has 0 saturated heterocycles. The van der Waals surface area contributed by atoms with Gasteiger partial charge in [0.15, 0.2) is 0 Å². The van der Waals surface area contributed by atoms with Gasteiger partial charge in [0.05, 0.1) is 50.1 Å². The van der Waals surface area contributed by atoms with Crippen LogP contribution in [0.4, 0.5) is 0 Å². The molecule has 8 N–H and O–H groups in total. The summed E-state index contributed by atoms with van der Waals surface area (Å²) in [6, 6.07) is 0. The van der Waals surface area contributed by atoms with E-state index >= 15 is 0 Å². The Bertz CT molecular complexity index is 874. The van der Waals surface area contributed by atoms with Crippen molar-refractivity contribution in [2.75, 3.05) is 0 Å². The third-order valence-electron chi connectivity index (χ3n) is 7.38. The largest absolute Gasteiger partial charge is 0.481 e. The van der Waals surface area contributed by atoms with Crippen LogP contribution in [0, 0.1) is 11.8 Å². The Morgan fingerprint density at radius 1 is 0.404 bits per heavy atom. The van der Waals surface area contributed by atoms with Gasteiger partial charge in [-0.3, -0.25) is 19.2 Å². The molecule has 0 aromatic rings. The predicted molar refractivity (Wildman–Crippen MR) is 206 cm³/mol. The Labute approximate surface area is 314 Å². The van der Waals surface area contributed by atoms with Crippen LogP contribution in [-0.2, 0) is 19.2 Å². The van der Waals surface area contributed by atoms with E-state index in [1.165, 1.54) is 36.8 Å². The number of aliphatic carboxylic acids is 4. The molecule has 4 atom stereocenters. The van der Waals surface area contributed by atoms with Crippen molar-refractivity contribution in [2.45, 2.75) is 195 Å². The molecule has 0 radical (unpaired) electrons. The first-order valence-electron chi connectivity index (χ1n) is 18.9. The highest BCUT2D eigenvalue weighted by molar-refractivity contribution is 5.68. The van der Waals surface area contributed by atoms with Crippen molar-refractivity contribution in [3.8, 4) is 0 Å². The van der Waals surface area contributed by atoms with Gasteiger partial charge in [-0.05, 0) is 78.1 Å². The van der Waals surface area contributed by atoms with Gasteiger partial charge >= 0.3 is 23.9 Å². The lowest BCUT2D eigenvalue weighted by atomic mass is 10.0. The highest BCUT2D eigenvalue weighted by Gasteiger charge is 2.10. The van der Waals surface area contributed by atoms with Crippen LogP contribution in [0.5, 0.6) is 0 Å². The Hall–Kier alpha value is -2.80. The van der Waals surface area contributed by atoms with E-state index in [0.717, 1.165) is 50.4 Å². The lowest BCUT2D eigenvalue weighted by Gasteiger charge is -2.08. The minimum Gasteiger partial charge on any atom is -0.481 e. The molecule has 0 aromatic carbocycles. The van der Waals surface area contributed by atoms with Crippen LogP contribution < -0.4 is 0 Å². The lowest BCUT2D eigenvalue weighted by Crippen LogP contribution is -2.12. The topological polar surface area (TPSA) is 230 Å². The highest BCUT2D eigenvalue weighted by atomic mass is 16.4. The predicted octanol–water partition coefficient (Wildman–Crippen LogP) is 7.99. The summed E-state index contributed by atoms with van der Waals surface area (Å²) in [5.74, 6) is -2.25. The van der Waals surface area contributed by atoms with Crippen molar-refractivity contribution in [3.63, 3.8) is 0 Å². The number of hydrogen-bond acceptors (Lipinski definition) is 8. The van der Waals surface area contributed by atoms with Crippen molar-refractivity contribution in [3.05, 3.63) is 23.3 Å². The summed E-state index contributed by atoms with van der Waals surface area (Å²) < 4.78 is 0. The average Bonchev–Trinajstić information content (AvgIpc) is 2.95. The lowest BCUT2D eigenvalue weighted by molar-refractivity contribution is -0.140. The van der Waals surface area contributed by atoms with Crippen LogP contribution in [0.25, 0.3) is 0 Å². The van der Waals surface area contributed by atoms with E-state index in [1.54, 1.807) is 0 Å². The summed E-state index contributed by atoms with van der Waals surface area (Å²) >= 11 is 0. The summed E-state index contributed by atoms with van der Waals surface area (Å²) in [5, 5.41) is 70.2. The van der Waals surface area contributed by atoms with Crippen molar-refractivity contribution >= 4 is 23.9 Å². The van der Waals surface area contributed by atoms with E-state index in [1.807, 2.05) is 39.8 Å². The number of aliphatic hydroxyl groups excluding tert-OH is 4. The number of hydrogen-bond donors (Lipinski definition) is 8. The van der Waals surface area contributed by atoms with E-state index in [2.05, 4.69) is 27.7 Å². The molecule has 0 rings (SSSR count). The zero-order valence-electron chi connectivity index (χ0n) is 33.6. The zero-order valence-corrected chi connectivity index (χ0v) is 33.6. The molecule has 0 heterocycles. The molecular weight excluding hydrogens is 672 g/mol. The normalized spacial score (nSPS) is 12.7. The summed E-state index contributed by atoms with van der Waals surface area (Å²) in [6.07, 6.45) is 13.3. The molecular formula is C40H76O12. The van der Waals surface area contributed by atoms with Gasteiger partial charge < -0.3 is 40.9 Å². The van der Waals surface area contributed by atoms with Crippen molar-refractivity contribution in [1.82, 2.24) is 0 Å². The first-order chi connectivity index (χ1) is 24.1. The Morgan fingerprint density at radius 2 is 0.635 bits per heavy atom. The highest BCUT2D eigenvalue weighted by Crippen LogP contribution is 2.13. The molecule has 0 bridgehead atoms. The minimum absolute atomic E-state index is 0.121. The second-order valence-corrected chi connectivity index (χ2v) is 14.8. The second kappa shape index (κ2) is 37.9. The maximum atomic E-state index is 10.2. The molecule has 0 aromatic heterocycles.